The molecule has 0 aliphatic carbocycles. The van der Waals surface area contributed by atoms with E-state index in [1.54, 1.807) is 10.1 Å². The first-order valence-electron chi connectivity index (χ1n) is 8.62. The molecule has 142 valence electrons. The summed E-state index contributed by atoms with van der Waals surface area (Å²) in [5, 5.41) is 1.84. The third-order valence-electron chi connectivity index (χ3n) is 4.85. The Labute approximate surface area is 157 Å². The number of nitrogens with zero attached hydrogens (tertiary/aromatic N) is 4. The summed E-state index contributed by atoms with van der Waals surface area (Å²) in [4.78, 5) is 22.9. The molecule has 1 amide bonds. The number of halogens is 3. The number of hydrogen-bond donors (Lipinski definition) is 0. The summed E-state index contributed by atoms with van der Waals surface area (Å²) in [6.45, 7) is 0.0169. The topological polar surface area (TPSA) is 51.0 Å². The molecule has 9 heteroatoms. The van der Waals surface area contributed by atoms with Gasteiger partial charge in [0.05, 0.1) is 22.5 Å². The van der Waals surface area contributed by atoms with Gasteiger partial charge in [0.2, 0.25) is 5.91 Å². The van der Waals surface area contributed by atoms with E-state index in [9.17, 15) is 18.0 Å². The Hall–Kier alpha value is -2.42. The number of alkyl halides is 3. The summed E-state index contributed by atoms with van der Waals surface area (Å²) in [6.07, 6.45) is -3.84. The molecule has 3 aromatic rings. The van der Waals surface area contributed by atoms with E-state index in [0.29, 0.717) is 24.5 Å². The molecule has 1 saturated heterocycles. The van der Waals surface area contributed by atoms with Gasteiger partial charge in [0, 0.05) is 18.5 Å². The molecule has 1 fully saturated rings. The normalized spacial score (nSPS) is 18.2. The van der Waals surface area contributed by atoms with Crippen LogP contribution in [0.5, 0.6) is 0 Å². The van der Waals surface area contributed by atoms with Gasteiger partial charge in [-0.05, 0) is 25.0 Å². The molecule has 0 unspecified atom stereocenters. The Morgan fingerprint density at radius 3 is 2.85 bits per heavy atom. The van der Waals surface area contributed by atoms with Crippen LogP contribution in [-0.2, 0) is 11.3 Å². The van der Waals surface area contributed by atoms with Gasteiger partial charge < -0.3 is 9.47 Å². The smallest absolute Gasteiger partial charge is 0.341 e. The molecular formula is C18H17F3N4OS. The predicted octanol–water partition coefficient (Wildman–Crippen LogP) is 3.96. The molecule has 1 atom stereocenters. The first kappa shape index (κ1) is 18.0. The zero-order valence-electron chi connectivity index (χ0n) is 14.3. The maximum Gasteiger partial charge on any atom is 0.393 e. The van der Waals surface area contributed by atoms with Crippen molar-refractivity contribution in [3.63, 3.8) is 0 Å². The fourth-order valence-corrected chi connectivity index (χ4v) is 3.99. The molecule has 5 nitrogen and oxygen atoms in total. The average molecular weight is 394 g/mol. The van der Waals surface area contributed by atoms with Crippen LogP contribution in [0.3, 0.4) is 0 Å². The lowest BCUT2D eigenvalue weighted by atomic mass is 9.97. The van der Waals surface area contributed by atoms with Crippen LogP contribution in [0.2, 0.25) is 0 Å². The highest BCUT2D eigenvalue weighted by molar-refractivity contribution is 7.07. The maximum atomic E-state index is 13.1. The number of amides is 1. The van der Waals surface area contributed by atoms with E-state index in [-0.39, 0.29) is 25.4 Å². The molecule has 3 heterocycles. The number of imidazole rings is 1. The number of para-hydroxylation sites is 2. The highest BCUT2D eigenvalue weighted by Gasteiger charge is 2.42. The SMILES string of the molecule is O=C(Cn1c(-c2cscn2)nc2ccccc21)N1CCC[C@H](C(F)(F)F)C1. The molecule has 1 aliphatic heterocycles. The van der Waals surface area contributed by atoms with Gasteiger partial charge in [-0.2, -0.15) is 13.2 Å². The van der Waals surface area contributed by atoms with E-state index in [1.165, 1.54) is 16.2 Å². The van der Waals surface area contributed by atoms with Crippen molar-refractivity contribution in [1.82, 2.24) is 19.4 Å². The number of hydrogen-bond acceptors (Lipinski definition) is 4. The van der Waals surface area contributed by atoms with Crippen molar-refractivity contribution in [1.29, 1.82) is 0 Å². The van der Waals surface area contributed by atoms with Crippen LogP contribution in [-0.4, -0.2) is 44.6 Å². The lowest BCUT2D eigenvalue weighted by Gasteiger charge is -2.34. The van der Waals surface area contributed by atoms with Crippen LogP contribution in [0.15, 0.2) is 35.2 Å². The Morgan fingerprint density at radius 1 is 1.30 bits per heavy atom. The molecule has 0 spiro atoms. The standard InChI is InChI=1S/C18H17F3N4OS/c19-18(20,21)12-4-3-7-24(8-12)16(26)9-25-15-6-2-1-5-13(15)23-17(25)14-10-27-11-22-14/h1-2,5-6,10-12H,3-4,7-9H2/t12-/m0/s1. The molecule has 4 rings (SSSR count). The van der Waals surface area contributed by atoms with E-state index in [2.05, 4.69) is 9.97 Å². The second kappa shape index (κ2) is 6.95. The molecule has 0 radical (unpaired) electrons. The third kappa shape index (κ3) is 3.55. The van der Waals surface area contributed by atoms with Crippen LogP contribution < -0.4 is 0 Å². The fourth-order valence-electron chi connectivity index (χ4n) is 3.46. The highest BCUT2D eigenvalue weighted by atomic mass is 32.1. The van der Waals surface area contributed by atoms with Crippen molar-refractivity contribution in [2.75, 3.05) is 13.1 Å². The average Bonchev–Trinajstić information content (AvgIpc) is 3.29. The number of rotatable bonds is 3. The van der Waals surface area contributed by atoms with Gasteiger partial charge in [0.15, 0.2) is 5.82 Å². The third-order valence-corrected chi connectivity index (χ3v) is 5.43. The van der Waals surface area contributed by atoms with Gasteiger partial charge in [-0.25, -0.2) is 9.97 Å². The summed E-state index contributed by atoms with van der Waals surface area (Å²) < 4.78 is 40.9. The Morgan fingerprint density at radius 2 is 2.11 bits per heavy atom. The van der Waals surface area contributed by atoms with E-state index >= 15 is 0 Å². The van der Waals surface area contributed by atoms with Crippen molar-refractivity contribution < 1.29 is 18.0 Å². The van der Waals surface area contributed by atoms with E-state index in [0.717, 1.165) is 11.0 Å². The molecule has 2 aromatic heterocycles. The summed E-state index contributed by atoms with van der Waals surface area (Å²) in [5.41, 5.74) is 3.81. The highest BCUT2D eigenvalue weighted by Crippen LogP contribution is 2.33. The van der Waals surface area contributed by atoms with Gasteiger partial charge >= 0.3 is 6.18 Å². The van der Waals surface area contributed by atoms with Crippen molar-refractivity contribution in [2.24, 2.45) is 5.92 Å². The number of fused-ring (bicyclic) bond motifs is 1. The molecular weight excluding hydrogens is 377 g/mol. The minimum Gasteiger partial charge on any atom is -0.341 e. The van der Waals surface area contributed by atoms with Crippen LogP contribution >= 0.6 is 11.3 Å². The lowest BCUT2D eigenvalue weighted by molar-refractivity contribution is -0.188. The van der Waals surface area contributed by atoms with Crippen LogP contribution in [0.1, 0.15) is 12.8 Å². The number of piperidine rings is 1. The zero-order chi connectivity index (χ0) is 19.0. The monoisotopic (exact) mass is 394 g/mol. The number of aromatic nitrogens is 3. The van der Waals surface area contributed by atoms with E-state index in [4.69, 9.17) is 0 Å². The van der Waals surface area contributed by atoms with Gasteiger partial charge in [-0.15, -0.1) is 11.3 Å². The van der Waals surface area contributed by atoms with Crippen molar-refractivity contribution in [3.8, 4) is 11.5 Å². The maximum absolute atomic E-state index is 13.1. The summed E-state index contributed by atoms with van der Waals surface area (Å²) in [5.74, 6) is -1.23. The molecule has 0 N–H and O–H groups in total. The Bertz CT molecular complexity index is 951. The van der Waals surface area contributed by atoms with E-state index in [1.807, 2.05) is 29.6 Å². The Kier molecular flexibility index (Phi) is 4.63. The summed E-state index contributed by atoms with van der Waals surface area (Å²) >= 11 is 1.42. The quantitative estimate of drug-likeness (QED) is 0.676. The number of thiazole rings is 1. The number of likely N-dealkylation sites (tertiary alicyclic amines) is 1. The molecule has 0 bridgehead atoms. The number of carbonyl (C=O) groups is 1. The van der Waals surface area contributed by atoms with Crippen LogP contribution in [0.25, 0.3) is 22.6 Å². The molecule has 1 aromatic carbocycles. The number of carbonyl (C=O) groups excluding carboxylic acids is 1. The fraction of sp³-hybridized carbons (Fsp3) is 0.389. The second-order valence-electron chi connectivity index (χ2n) is 6.60. The largest absolute Gasteiger partial charge is 0.393 e. The lowest BCUT2D eigenvalue weighted by Crippen LogP contribution is -2.45. The van der Waals surface area contributed by atoms with Crippen LogP contribution in [0, 0.1) is 5.92 Å². The first-order chi connectivity index (χ1) is 12.9. The summed E-state index contributed by atoms with van der Waals surface area (Å²) in [6, 6.07) is 7.38. The first-order valence-corrected chi connectivity index (χ1v) is 9.56. The van der Waals surface area contributed by atoms with Gasteiger partial charge in [-0.1, -0.05) is 12.1 Å². The van der Waals surface area contributed by atoms with Crippen molar-refractivity contribution >= 4 is 28.3 Å². The van der Waals surface area contributed by atoms with Crippen LogP contribution in [0.4, 0.5) is 13.2 Å². The zero-order valence-corrected chi connectivity index (χ0v) is 15.1. The van der Waals surface area contributed by atoms with E-state index < -0.39 is 12.1 Å². The predicted molar refractivity (Wildman–Crippen MR) is 96.2 cm³/mol. The van der Waals surface area contributed by atoms with Gasteiger partial charge in [0.25, 0.3) is 0 Å². The molecule has 1 aliphatic rings. The number of benzene rings is 1. The van der Waals surface area contributed by atoms with Crippen molar-refractivity contribution in [3.05, 3.63) is 35.2 Å². The van der Waals surface area contributed by atoms with Gasteiger partial charge in [-0.3, -0.25) is 4.79 Å². The summed E-state index contributed by atoms with van der Waals surface area (Å²) in [7, 11) is 0. The minimum absolute atomic E-state index is 0.0576. The van der Waals surface area contributed by atoms with Crippen molar-refractivity contribution in [2.45, 2.75) is 25.6 Å². The van der Waals surface area contributed by atoms with Gasteiger partial charge in [0.1, 0.15) is 12.2 Å². The Balaban J connectivity index is 1.63. The second-order valence-corrected chi connectivity index (χ2v) is 7.32. The minimum atomic E-state index is -4.27. The molecule has 27 heavy (non-hydrogen) atoms. The molecule has 0 saturated carbocycles.